The molecule has 4 aromatic rings. The molecule has 1 N–H and O–H groups in total. The lowest BCUT2D eigenvalue weighted by Gasteiger charge is -1.97. The number of hydrogen-bond acceptors (Lipinski definition) is 5. The van der Waals surface area contributed by atoms with Gasteiger partial charge in [0.1, 0.15) is 5.65 Å². The quantitative estimate of drug-likeness (QED) is 0.575. The maximum Gasteiger partial charge on any atom is 0.259 e. The van der Waals surface area contributed by atoms with Crippen molar-refractivity contribution in [2.75, 3.05) is 0 Å². The summed E-state index contributed by atoms with van der Waals surface area (Å²) in [5.41, 5.74) is 2.54. The Kier molecular flexibility index (Phi) is 2.72. The molecule has 108 valence electrons. The normalized spacial score (nSPS) is 11.2. The maximum atomic E-state index is 13.2. The van der Waals surface area contributed by atoms with Crippen LogP contribution in [0.3, 0.4) is 0 Å². The molecule has 0 aromatic carbocycles. The van der Waals surface area contributed by atoms with Crippen LogP contribution in [-0.4, -0.2) is 25.1 Å². The number of H-pyrrole nitrogens is 1. The molecule has 0 fully saturated rings. The Bertz CT molecular complexity index is 975. The molecule has 0 amide bonds. The molecule has 0 aliphatic heterocycles. The number of hydrogen-bond donors (Lipinski definition) is 1. The van der Waals surface area contributed by atoms with E-state index in [1.54, 1.807) is 19.2 Å². The third-order valence-electron chi connectivity index (χ3n) is 3.35. The minimum atomic E-state index is -0.509. The summed E-state index contributed by atoms with van der Waals surface area (Å²) in [6.07, 6.45) is 4.85. The van der Waals surface area contributed by atoms with Crippen molar-refractivity contribution in [2.24, 2.45) is 0 Å². The zero-order valence-electron chi connectivity index (χ0n) is 11.5. The third kappa shape index (κ3) is 2.03. The molecule has 0 bridgehead atoms. The van der Waals surface area contributed by atoms with E-state index in [-0.39, 0.29) is 0 Å². The molecule has 0 saturated heterocycles. The van der Waals surface area contributed by atoms with Crippen LogP contribution < -0.4 is 0 Å². The first-order chi connectivity index (χ1) is 10.7. The van der Waals surface area contributed by atoms with E-state index in [1.807, 2.05) is 18.3 Å². The number of nitrogens with one attached hydrogen (secondary N) is 1. The Morgan fingerprint density at radius 2 is 2.00 bits per heavy atom. The Morgan fingerprint density at radius 1 is 1.14 bits per heavy atom. The minimum absolute atomic E-state index is 0.291. The number of pyridine rings is 2. The fraction of sp³-hybridized carbons (Fsp3) is 0.0667. The fourth-order valence-corrected chi connectivity index (χ4v) is 2.20. The van der Waals surface area contributed by atoms with Crippen LogP contribution in [0.4, 0.5) is 4.39 Å². The van der Waals surface area contributed by atoms with Gasteiger partial charge in [0.05, 0.1) is 5.56 Å². The zero-order valence-corrected chi connectivity index (χ0v) is 11.5. The van der Waals surface area contributed by atoms with Gasteiger partial charge in [-0.25, -0.2) is 9.97 Å². The number of aromatic nitrogens is 5. The van der Waals surface area contributed by atoms with Gasteiger partial charge in [-0.3, -0.25) is 0 Å². The van der Waals surface area contributed by atoms with E-state index in [4.69, 9.17) is 4.52 Å². The van der Waals surface area contributed by atoms with Crippen molar-refractivity contribution in [1.29, 1.82) is 0 Å². The summed E-state index contributed by atoms with van der Waals surface area (Å²) in [4.78, 5) is 15.3. The predicted octanol–water partition coefficient (Wildman–Crippen LogP) is 3.12. The van der Waals surface area contributed by atoms with Gasteiger partial charge in [0, 0.05) is 35.1 Å². The van der Waals surface area contributed by atoms with Crippen molar-refractivity contribution < 1.29 is 8.91 Å². The van der Waals surface area contributed by atoms with Gasteiger partial charge >= 0.3 is 0 Å². The van der Waals surface area contributed by atoms with Crippen molar-refractivity contribution in [1.82, 2.24) is 25.1 Å². The number of aryl methyl sites for hydroxylation is 1. The molecule has 4 rings (SSSR count). The van der Waals surface area contributed by atoms with Crippen molar-refractivity contribution in [3.05, 3.63) is 48.3 Å². The van der Waals surface area contributed by atoms with Crippen LogP contribution >= 0.6 is 0 Å². The van der Waals surface area contributed by atoms with Gasteiger partial charge in [-0.15, -0.1) is 0 Å². The maximum absolute atomic E-state index is 13.2. The highest BCUT2D eigenvalue weighted by Crippen LogP contribution is 2.24. The lowest BCUT2D eigenvalue weighted by Crippen LogP contribution is -1.89. The molecule has 0 radical (unpaired) electrons. The monoisotopic (exact) mass is 295 g/mol. The van der Waals surface area contributed by atoms with E-state index < -0.39 is 5.95 Å². The molecular formula is C15H10FN5O. The van der Waals surface area contributed by atoms with Crippen LogP contribution in [0.15, 0.2) is 41.3 Å². The summed E-state index contributed by atoms with van der Waals surface area (Å²) in [7, 11) is 0. The van der Waals surface area contributed by atoms with E-state index in [2.05, 4.69) is 25.1 Å². The number of aromatic amines is 1. The van der Waals surface area contributed by atoms with E-state index in [0.29, 0.717) is 22.8 Å². The highest BCUT2D eigenvalue weighted by atomic mass is 19.1. The van der Waals surface area contributed by atoms with E-state index in [9.17, 15) is 4.39 Å². The summed E-state index contributed by atoms with van der Waals surface area (Å²) < 4.78 is 18.4. The molecule has 0 spiro atoms. The average molecular weight is 295 g/mol. The highest BCUT2D eigenvalue weighted by molar-refractivity contribution is 5.79. The second-order valence-electron chi connectivity index (χ2n) is 4.89. The van der Waals surface area contributed by atoms with Crippen molar-refractivity contribution in [3.8, 4) is 22.8 Å². The number of rotatable bonds is 2. The lowest BCUT2D eigenvalue weighted by atomic mass is 10.2. The summed E-state index contributed by atoms with van der Waals surface area (Å²) in [6.45, 7) is 1.63. The summed E-state index contributed by atoms with van der Waals surface area (Å²) in [5, 5.41) is 4.91. The fourth-order valence-electron chi connectivity index (χ4n) is 2.20. The van der Waals surface area contributed by atoms with E-state index >= 15 is 0 Å². The van der Waals surface area contributed by atoms with Crippen molar-refractivity contribution in [2.45, 2.75) is 6.92 Å². The van der Waals surface area contributed by atoms with Gasteiger partial charge in [0.2, 0.25) is 11.8 Å². The third-order valence-corrected chi connectivity index (χ3v) is 3.35. The number of halogens is 1. The standard InChI is InChI=1S/C15H10FN5O/c1-8-4-11(7-18-12(8)16)15-20-14(21-22-15)10-5-9-2-3-17-13(9)19-6-10/h2-7H,1H3,(H,17,19). The van der Waals surface area contributed by atoms with Gasteiger partial charge in [0.25, 0.3) is 5.89 Å². The number of fused-ring (bicyclic) bond motifs is 1. The predicted molar refractivity (Wildman–Crippen MR) is 77.3 cm³/mol. The molecule has 0 aliphatic rings. The average Bonchev–Trinajstić information content (AvgIpc) is 3.17. The molecule has 4 heterocycles. The largest absolute Gasteiger partial charge is 0.346 e. The first-order valence-corrected chi connectivity index (χ1v) is 6.60. The Hall–Kier alpha value is -3.09. The SMILES string of the molecule is Cc1cc(-c2nc(-c3cnc4[nH]ccc4c3)no2)cnc1F. The van der Waals surface area contributed by atoms with Crippen LogP contribution in [0.5, 0.6) is 0 Å². The smallest absolute Gasteiger partial charge is 0.259 e. The molecule has 0 atom stereocenters. The van der Waals surface area contributed by atoms with Gasteiger partial charge in [-0.05, 0) is 25.1 Å². The molecule has 4 aromatic heterocycles. The zero-order chi connectivity index (χ0) is 15.1. The van der Waals surface area contributed by atoms with Crippen molar-refractivity contribution in [3.63, 3.8) is 0 Å². The Balaban J connectivity index is 1.75. The van der Waals surface area contributed by atoms with Gasteiger partial charge < -0.3 is 9.51 Å². The van der Waals surface area contributed by atoms with Gasteiger partial charge in [-0.1, -0.05) is 5.16 Å². The van der Waals surface area contributed by atoms with Crippen LogP contribution in [0.25, 0.3) is 33.9 Å². The summed E-state index contributed by atoms with van der Waals surface area (Å²) in [5.74, 6) is 0.206. The molecule has 6 nitrogen and oxygen atoms in total. The lowest BCUT2D eigenvalue weighted by molar-refractivity contribution is 0.432. The topological polar surface area (TPSA) is 80.5 Å². The minimum Gasteiger partial charge on any atom is -0.346 e. The van der Waals surface area contributed by atoms with Crippen LogP contribution in [0.1, 0.15) is 5.56 Å². The van der Waals surface area contributed by atoms with Crippen LogP contribution in [0.2, 0.25) is 0 Å². The van der Waals surface area contributed by atoms with Gasteiger partial charge in [0.15, 0.2) is 0 Å². The molecule has 22 heavy (non-hydrogen) atoms. The first kappa shape index (κ1) is 12.6. The van der Waals surface area contributed by atoms with Crippen LogP contribution in [-0.2, 0) is 0 Å². The van der Waals surface area contributed by atoms with Gasteiger partial charge in [-0.2, -0.15) is 9.37 Å². The number of nitrogens with zero attached hydrogens (tertiary/aromatic N) is 4. The summed E-state index contributed by atoms with van der Waals surface area (Å²) in [6, 6.07) is 5.45. The molecule has 0 unspecified atom stereocenters. The second kappa shape index (κ2) is 4.73. The molecule has 0 aliphatic carbocycles. The van der Waals surface area contributed by atoms with E-state index in [1.165, 1.54) is 6.20 Å². The molecular weight excluding hydrogens is 285 g/mol. The Labute approximate surface area is 124 Å². The van der Waals surface area contributed by atoms with E-state index in [0.717, 1.165) is 16.6 Å². The molecule has 0 saturated carbocycles. The van der Waals surface area contributed by atoms with Crippen LogP contribution in [0, 0.1) is 12.9 Å². The second-order valence-corrected chi connectivity index (χ2v) is 4.89. The highest BCUT2D eigenvalue weighted by Gasteiger charge is 2.13. The summed E-state index contributed by atoms with van der Waals surface area (Å²) >= 11 is 0. The first-order valence-electron chi connectivity index (χ1n) is 6.60. The van der Waals surface area contributed by atoms with Crippen molar-refractivity contribution >= 4 is 11.0 Å². The Morgan fingerprint density at radius 3 is 2.86 bits per heavy atom. The molecule has 7 heteroatoms.